The van der Waals surface area contributed by atoms with Gasteiger partial charge in [0.2, 0.25) is 5.78 Å². The molecule has 0 aliphatic carbocycles. The topological polar surface area (TPSA) is 41.5 Å². The highest BCUT2D eigenvalue weighted by Crippen LogP contribution is 2.34. The SMILES string of the molecule is CC1(C)NN=C(C(=O)/C=C/c2ccccc2)[C@@H]1c1ccccc1. The molecule has 1 aliphatic heterocycles. The molecule has 0 saturated heterocycles. The fraction of sp³-hybridized carbons (Fsp3) is 0.200. The first-order valence-corrected chi connectivity index (χ1v) is 7.75. The Morgan fingerprint density at radius 3 is 2.30 bits per heavy atom. The number of hydrogen-bond donors (Lipinski definition) is 1. The van der Waals surface area contributed by atoms with Crippen LogP contribution in [0.5, 0.6) is 0 Å². The second-order valence-electron chi connectivity index (χ2n) is 6.28. The normalized spacial score (nSPS) is 19.4. The van der Waals surface area contributed by atoms with Crippen molar-refractivity contribution in [3.63, 3.8) is 0 Å². The summed E-state index contributed by atoms with van der Waals surface area (Å²) >= 11 is 0. The van der Waals surface area contributed by atoms with Gasteiger partial charge in [-0.15, -0.1) is 0 Å². The van der Waals surface area contributed by atoms with Gasteiger partial charge in [-0.2, -0.15) is 5.10 Å². The minimum atomic E-state index is -0.285. The van der Waals surface area contributed by atoms with Crippen LogP contribution in [-0.2, 0) is 4.79 Å². The third-order valence-electron chi connectivity index (χ3n) is 4.07. The summed E-state index contributed by atoms with van der Waals surface area (Å²) in [6.07, 6.45) is 3.44. The molecule has 1 atom stereocenters. The minimum absolute atomic E-state index is 0.0548. The smallest absolute Gasteiger partial charge is 0.202 e. The lowest BCUT2D eigenvalue weighted by atomic mass is 9.79. The number of hydrazone groups is 1. The summed E-state index contributed by atoms with van der Waals surface area (Å²) in [4.78, 5) is 12.6. The lowest BCUT2D eigenvalue weighted by Gasteiger charge is -2.27. The fourth-order valence-corrected chi connectivity index (χ4v) is 2.91. The fourth-order valence-electron chi connectivity index (χ4n) is 2.91. The highest BCUT2D eigenvalue weighted by atomic mass is 16.1. The number of hydrogen-bond acceptors (Lipinski definition) is 3. The van der Waals surface area contributed by atoms with Crippen LogP contribution in [0.3, 0.4) is 0 Å². The van der Waals surface area contributed by atoms with E-state index in [-0.39, 0.29) is 17.2 Å². The van der Waals surface area contributed by atoms with Gasteiger partial charge >= 0.3 is 0 Å². The number of ketones is 1. The molecule has 2 aromatic carbocycles. The lowest BCUT2D eigenvalue weighted by Crippen LogP contribution is -2.39. The van der Waals surface area contributed by atoms with E-state index in [0.29, 0.717) is 5.71 Å². The van der Waals surface area contributed by atoms with E-state index >= 15 is 0 Å². The lowest BCUT2D eigenvalue weighted by molar-refractivity contribution is -0.109. The zero-order valence-electron chi connectivity index (χ0n) is 13.4. The van der Waals surface area contributed by atoms with Crippen molar-refractivity contribution in [2.24, 2.45) is 5.10 Å². The van der Waals surface area contributed by atoms with Crippen molar-refractivity contribution in [2.45, 2.75) is 25.3 Å². The summed E-state index contributed by atoms with van der Waals surface area (Å²) in [7, 11) is 0. The van der Waals surface area contributed by atoms with E-state index in [0.717, 1.165) is 11.1 Å². The summed E-state index contributed by atoms with van der Waals surface area (Å²) in [5.74, 6) is -0.114. The largest absolute Gasteiger partial charge is 0.303 e. The summed E-state index contributed by atoms with van der Waals surface area (Å²) in [6, 6.07) is 19.9. The number of nitrogens with one attached hydrogen (secondary N) is 1. The first kappa shape index (κ1) is 15.2. The van der Waals surface area contributed by atoms with Crippen molar-refractivity contribution in [3.05, 3.63) is 77.9 Å². The Balaban J connectivity index is 1.86. The maximum absolute atomic E-state index is 12.6. The van der Waals surface area contributed by atoms with Crippen molar-refractivity contribution >= 4 is 17.6 Å². The van der Waals surface area contributed by atoms with Crippen LogP contribution in [0.15, 0.2) is 71.8 Å². The monoisotopic (exact) mass is 304 g/mol. The molecule has 23 heavy (non-hydrogen) atoms. The van der Waals surface area contributed by atoms with Crippen LogP contribution in [0, 0.1) is 0 Å². The number of carbonyl (C=O) groups is 1. The third kappa shape index (κ3) is 3.24. The van der Waals surface area contributed by atoms with Crippen LogP contribution in [0.25, 0.3) is 6.08 Å². The average Bonchev–Trinajstić information content (AvgIpc) is 2.90. The number of benzene rings is 2. The van der Waals surface area contributed by atoms with Crippen molar-refractivity contribution in [1.29, 1.82) is 0 Å². The van der Waals surface area contributed by atoms with Gasteiger partial charge in [0.1, 0.15) is 5.71 Å². The van der Waals surface area contributed by atoms with Gasteiger partial charge in [0.25, 0.3) is 0 Å². The van der Waals surface area contributed by atoms with E-state index in [2.05, 4.69) is 24.4 Å². The predicted molar refractivity (Wildman–Crippen MR) is 94.3 cm³/mol. The Bertz CT molecular complexity index is 746. The first-order valence-electron chi connectivity index (χ1n) is 7.75. The predicted octanol–water partition coefficient (Wildman–Crippen LogP) is 3.79. The molecular formula is C20H20N2O. The Morgan fingerprint density at radius 2 is 1.65 bits per heavy atom. The molecule has 1 N–H and O–H groups in total. The molecule has 0 aromatic heterocycles. The highest BCUT2D eigenvalue weighted by Gasteiger charge is 2.41. The van der Waals surface area contributed by atoms with Crippen molar-refractivity contribution < 1.29 is 4.79 Å². The molecule has 3 rings (SSSR count). The molecule has 3 nitrogen and oxygen atoms in total. The summed E-state index contributed by atoms with van der Waals surface area (Å²) in [5, 5.41) is 4.32. The minimum Gasteiger partial charge on any atom is -0.303 e. The van der Waals surface area contributed by atoms with E-state index in [9.17, 15) is 4.79 Å². The van der Waals surface area contributed by atoms with Crippen molar-refractivity contribution in [3.8, 4) is 0 Å². The number of nitrogens with zero attached hydrogens (tertiary/aromatic N) is 1. The molecule has 2 aromatic rings. The van der Waals surface area contributed by atoms with Gasteiger partial charge in [-0.1, -0.05) is 66.7 Å². The first-order chi connectivity index (χ1) is 11.1. The Morgan fingerprint density at radius 1 is 1.04 bits per heavy atom. The molecule has 0 spiro atoms. The van der Waals surface area contributed by atoms with E-state index in [1.807, 2.05) is 66.7 Å². The Labute approximate surface area is 136 Å². The number of allylic oxidation sites excluding steroid dienone is 1. The van der Waals surface area contributed by atoms with Gasteiger partial charge in [-0.05, 0) is 31.1 Å². The molecule has 116 valence electrons. The molecule has 0 saturated carbocycles. The highest BCUT2D eigenvalue weighted by molar-refractivity contribution is 6.47. The summed E-state index contributed by atoms with van der Waals surface area (Å²) in [5.41, 5.74) is 5.49. The second-order valence-corrected chi connectivity index (χ2v) is 6.28. The van der Waals surface area contributed by atoms with Gasteiger partial charge in [0, 0.05) is 0 Å². The quantitative estimate of drug-likeness (QED) is 0.873. The molecule has 1 heterocycles. The van der Waals surface area contributed by atoms with E-state index in [1.54, 1.807) is 6.08 Å². The molecule has 0 radical (unpaired) electrons. The van der Waals surface area contributed by atoms with Crippen LogP contribution in [-0.4, -0.2) is 17.0 Å². The van der Waals surface area contributed by atoms with Crippen molar-refractivity contribution in [1.82, 2.24) is 5.43 Å². The van der Waals surface area contributed by atoms with E-state index in [4.69, 9.17) is 0 Å². The number of rotatable bonds is 4. The van der Waals surface area contributed by atoms with Crippen LogP contribution in [0.1, 0.15) is 30.9 Å². The third-order valence-corrected chi connectivity index (χ3v) is 4.07. The Hall–Kier alpha value is -2.68. The van der Waals surface area contributed by atoms with Gasteiger partial charge in [-0.3, -0.25) is 4.79 Å². The summed E-state index contributed by atoms with van der Waals surface area (Å²) in [6.45, 7) is 4.13. The van der Waals surface area contributed by atoms with Gasteiger partial charge in [-0.25, -0.2) is 0 Å². The molecule has 0 fully saturated rings. The molecule has 0 bridgehead atoms. The maximum atomic E-state index is 12.6. The van der Waals surface area contributed by atoms with E-state index < -0.39 is 0 Å². The van der Waals surface area contributed by atoms with Crippen LogP contribution in [0.2, 0.25) is 0 Å². The van der Waals surface area contributed by atoms with Crippen LogP contribution in [0.4, 0.5) is 0 Å². The standard InChI is InChI=1S/C20H20N2O/c1-20(2)18(16-11-7-4-8-12-16)19(21-22-20)17(23)14-13-15-9-5-3-6-10-15/h3-14,18,22H,1-2H3/b14-13+/t18-/m0/s1. The van der Waals surface area contributed by atoms with Gasteiger partial charge < -0.3 is 5.43 Å². The zero-order valence-corrected chi connectivity index (χ0v) is 13.4. The second kappa shape index (κ2) is 6.21. The van der Waals surface area contributed by atoms with Crippen LogP contribution < -0.4 is 5.43 Å². The van der Waals surface area contributed by atoms with Crippen LogP contribution >= 0.6 is 0 Å². The average molecular weight is 304 g/mol. The maximum Gasteiger partial charge on any atom is 0.202 e. The molecular weight excluding hydrogens is 284 g/mol. The molecule has 3 heteroatoms. The Kier molecular flexibility index (Phi) is 4.11. The number of carbonyl (C=O) groups excluding carboxylic acids is 1. The van der Waals surface area contributed by atoms with Gasteiger partial charge in [0.15, 0.2) is 0 Å². The molecule has 0 amide bonds. The molecule has 0 unspecified atom stereocenters. The van der Waals surface area contributed by atoms with E-state index in [1.165, 1.54) is 0 Å². The van der Waals surface area contributed by atoms with Gasteiger partial charge in [0.05, 0.1) is 11.5 Å². The zero-order chi connectivity index (χ0) is 16.3. The molecule has 1 aliphatic rings. The van der Waals surface area contributed by atoms with Crippen molar-refractivity contribution in [2.75, 3.05) is 0 Å². The summed E-state index contributed by atoms with van der Waals surface area (Å²) < 4.78 is 0.